The number of hydrogen-bond acceptors (Lipinski definition) is 2. The minimum absolute atomic E-state index is 0.112. The maximum absolute atomic E-state index is 9.86. The summed E-state index contributed by atoms with van der Waals surface area (Å²) in [4.78, 5) is 0. The third kappa shape index (κ3) is 5.55. The van der Waals surface area contributed by atoms with Crippen LogP contribution in [0.15, 0.2) is 60.7 Å². The lowest BCUT2D eigenvalue weighted by atomic mass is 9.92. The zero-order chi connectivity index (χ0) is 17.1. The molecule has 0 aliphatic heterocycles. The van der Waals surface area contributed by atoms with Gasteiger partial charge in [-0.1, -0.05) is 79.4 Å². The molecular weight excluding hydrogens is 284 g/mol. The van der Waals surface area contributed by atoms with Gasteiger partial charge in [0.05, 0.1) is 0 Å². The maximum atomic E-state index is 9.86. The average molecular weight is 306 g/mol. The summed E-state index contributed by atoms with van der Waals surface area (Å²) in [6.07, 6.45) is 7.70. The number of terminal acetylenes is 1. The van der Waals surface area contributed by atoms with Crippen LogP contribution in [0.25, 0.3) is 0 Å². The van der Waals surface area contributed by atoms with Gasteiger partial charge in [0.1, 0.15) is 11.7 Å². The van der Waals surface area contributed by atoms with E-state index >= 15 is 0 Å². The monoisotopic (exact) mass is 306 g/mol. The number of hydrogen-bond donors (Lipinski definition) is 2. The fraction of sp³-hybridized carbons (Fsp3) is 0.238. The molecule has 0 saturated carbocycles. The summed E-state index contributed by atoms with van der Waals surface area (Å²) in [7, 11) is 0. The Balaban J connectivity index is 0.000000231. The van der Waals surface area contributed by atoms with E-state index in [-0.39, 0.29) is 5.92 Å². The van der Waals surface area contributed by atoms with Crippen molar-refractivity contribution < 1.29 is 10.2 Å². The summed E-state index contributed by atoms with van der Waals surface area (Å²) >= 11 is 0. The predicted octanol–water partition coefficient (Wildman–Crippen LogP) is 4.04. The van der Waals surface area contributed by atoms with Crippen LogP contribution in [-0.4, -0.2) is 10.2 Å². The van der Waals surface area contributed by atoms with Crippen molar-refractivity contribution in [3.05, 3.63) is 71.8 Å². The molecule has 0 aliphatic carbocycles. The molecule has 2 N–H and O–H groups in total. The van der Waals surface area contributed by atoms with Crippen molar-refractivity contribution in [2.75, 3.05) is 0 Å². The van der Waals surface area contributed by atoms with Crippen molar-refractivity contribution in [2.45, 2.75) is 31.8 Å². The molecule has 0 saturated heterocycles. The van der Waals surface area contributed by atoms with Gasteiger partial charge in [-0.05, 0) is 24.5 Å². The van der Waals surface area contributed by atoms with E-state index in [0.717, 1.165) is 11.1 Å². The average Bonchev–Trinajstić information content (AvgIpc) is 2.63. The minimum Gasteiger partial charge on any atom is -0.462 e. The largest absolute Gasteiger partial charge is 0.462 e. The van der Waals surface area contributed by atoms with E-state index in [2.05, 4.69) is 11.8 Å². The van der Waals surface area contributed by atoms with Crippen LogP contribution in [-0.2, 0) is 5.60 Å². The van der Waals surface area contributed by atoms with E-state index in [1.165, 1.54) is 0 Å². The topological polar surface area (TPSA) is 40.5 Å². The highest BCUT2D eigenvalue weighted by Gasteiger charge is 2.22. The SMILES string of the molecule is C#CC(O)(CC)c1ccccc1.CC(C#CO)c1ccccc1. The summed E-state index contributed by atoms with van der Waals surface area (Å²) in [6, 6.07) is 19.2. The third-order valence-corrected chi connectivity index (χ3v) is 3.58. The van der Waals surface area contributed by atoms with Gasteiger partial charge in [0.25, 0.3) is 0 Å². The molecule has 2 aromatic rings. The van der Waals surface area contributed by atoms with Crippen molar-refractivity contribution >= 4 is 0 Å². The third-order valence-electron chi connectivity index (χ3n) is 3.58. The van der Waals surface area contributed by atoms with E-state index < -0.39 is 5.60 Å². The smallest absolute Gasteiger partial charge is 0.150 e. The molecule has 0 amide bonds. The molecule has 0 aromatic heterocycles. The Morgan fingerprint density at radius 3 is 2.00 bits per heavy atom. The number of aliphatic hydroxyl groups excluding tert-OH is 1. The molecule has 118 valence electrons. The van der Waals surface area contributed by atoms with Gasteiger partial charge in [-0.2, -0.15) is 0 Å². The van der Waals surface area contributed by atoms with Crippen LogP contribution in [0.3, 0.4) is 0 Å². The molecule has 0 aliphatic rings. The molecule has 0 spiro atoms. The van der Waals surface area contributed by atoms with E-state index in [9.17, 15) is 5.11 Å². The Hall–Kier alpha value is -2.68. The van der Waals surface area contributed by atoms with Gasteiger partial charge in [0, 0.05) is 5.92 Å². The fourth-order valence-electron chi connectivity index (χ4n) is 2.03. The Morgan fingerprint density at radius 2 is 1.57 bits per heavy atom. The fourth-order valence-corrected chi connectivity index (χ4v) is 2.03. The van der Waals surface area contributed by atoms with Gasteiger partial charge in [-0.15, -0.1) is 6.42 Å². The summed E-state index contributed by atoms with van der Waals surface area (Å²) in [5.41, 5.74) is 0.824. The second-order valence-corrected chi connectivity index (χ2v) is 5.11. The first-order valence-corrected chi connectivity index (χ1v) is 7.52. The van der Waals surface area contributed by atoms with E-state index in [1.54, 1.807) is 0 Å². The molecule has 2 nitrogen and oxygen atoms in total. The van der Waals surface area contributed by atoms with Crippen LogP contribution < -0.4 is 0 Å². The van der Waals surface area contributed by atoms with Crippen molar-refractivity contribution in [3.8, 4) is 24.4 Å². The first-order valence-electron chi connectivity index (χ1n) is 7.52. The lowest BCUT2D eigenvalue weighted by Gasteiger charge is -2.20. The Bertz CT molecular complexity index is 675. The summed E-state index contributed by atoms with van der Waals surface area (Å²) in [5, 5.41) is 18.2. The van der Waals surface area contributed by atoms with Crippen LogP contribution in [0.5, 0.6) is 0 Å². The lowest BCUT2D eigenvalue weighted by Crippen LogP contribution is -2.21. The summed E-state index contributed by atoms with van der Waals surface area (Å²) in [5.74, 6) is 5.18. The zero-order valence-electron chi connectivity index (χ0n) is 13.5. The van der Waals surface area contributed by atoms with Crippen LogP contribution in [0.4, 0.5) is 0 Å². The van der Waals surface area contributed by atoms with E-state index in [1.807, 2.05) is 80.6 Å². The van der Waals surface area contributed by atoms with Crippen molar-refractivity contribution in [2.24, 2.45) is 0 Å². The second kappa shape index (κ2) is 9.36. The summed E-state index contributed by atoms with van der Waals surface area (Å²) < 4.78 is 0. The van der Waals surface area contributed by atoms with Gasteiger partial charge in [-0.25, -0.2) is 0 Å². The Morgan fingerprint density at radius 1 is 1.04 bits per heavy atom. The molecule has 2 rings (SSSR count). The molecule has 0 fully saturated rings. The predicted molar refractivity (Wildman–Crippen MR) is 94.0 cm³/mol. The van der Waals surface area contributed by atoms with Gasteiger partial charge < -0.3 is 10.2 Å². The van der Waals surface area contributed by atoms with Crippen LogP contribution >= 0.6 is 0 Å². The van der Waals surface area contributed by atoms with Crippen molar-refractivity contribution in [3.63, 3.8) is 0 Å². The molecule has 23 heavy (non-hydrogen) atoms. The highest BCUT2D eigenvalue weighted by Crippen LogP contribution is 2.22. The molecule has 2 aromatic carbocycles. The Labute approximate surface area is 138 Å². The van der Waals surface area contributed by atoms with Gasteiger partial charge in [0.15, 0.2) is 0 Å². The molecule has 0 bridgehead atoms. The van der Waals surface area contributed by atoms with Crippen molar-refractivity contribution in [1.82, 2.24) is 0 Å². The van der Waals surface area contributed by atoms with Gasteiger partial charge in [-0.3, -0.25) is 0 Å². The Kier molecular flexibility index (Phi) is 7.48. The maximum Gasteiger partial charge on any atom is 0.150 e. The molecule has 2 atom stereocenters. The first-order chi connectivity index (χ1) is 11.1. The highest BCUT2D eigenvalue weighted by molar-refractivity contribution is 5.29. The normalized spacial score (nSPS) is 13.1. The van der Waals surface area contributed by atoms with Gasteiger partial charge >= 0.3 is 0 Å². The summed E-state index contributed by atoms with van der Waals surface area (Å²) in [6.45, 7) is 3.82. The molecule has 0 radical (unpaired) electrons. The molecular formula is C21H22O2. The van der Waals surface area contributed by atoms with E-state index in [4.69, 9.17) is 11.5 Å². The molecule has 2 heteroatoms. The lowest BCUT2D eigenvalue weighted by molar-refractivity contribution is 0.0961. The molecule has 0 heterocycles. The van der Waals surface area contributed by atoms with E-state index in [0.29, 0.717) is 6.42 Å². The minimum atomic E-state index is -1.10. The zero-order valence-corrected chi connectivity index (χ0v) is 13.5. The highest BCUT2D eigenvalue weighted by atomic mass is 16.3. The second-order valence-electron chi connectivity index (χ2n) is 5.11. The number of benzene rings is 2. The quantitative estimate of drug-likeness (QED) is 0.840. The van der Waals surface area contributed by atoms with Crippen LogP contribution in [0.2, 0.25) is 0 Å². The molecule has 2 unspecified atom stereocenters. The van der Waals surface area contributed by atoms with Crippen LogP contribution in [0, 0.1) is 24.4 Å². The first kappa shape index (κ1) is 18.4. The standard InChI is InChI=1S/C11H12O.C10H10O/c1-3-11(12,4-2)10-8-6-5-7-9-10;1-9(7-8-11)10-5-3-2-4-6-10/h1,5-9,12H,4H2,2H3;2-6,9,11H,1H3. The van der Waals surface area contributed by atoms with Crippen LogP contribution in [0.1, 0.15) is 37.3 Å². The van der Waals surface area contributed by atoms with Crippen molar-refractivity contribution in [1.29, 1.82) is 0 Å². The number of rotatable bonds is 3. The van der Waals surface area contributed by atoms with Gasteiger partial charge in [0.2, 0.25) is 0 Å². The number of aliphatic hydroxyl groups is 2.